The average molecular weight is 189 g/mol. The normalized spacial score (nSPS) is 9.50. The quantitative estimate of drug-likeness (QED) is 0.680. The van der Waals surface area contributed by atoms with E-state index in [9.17, 15) is 9.18 Å². The third kappa shape index (κ3) is 2.20. The minimum absolute atomic E-state index is 0.0720. The Morgan fingerprint density at radius 3 is 2.92 bits per heavy atom. The summed E-state index contributed by atoms with van der Waals surface area (Å²) in [5, 5.41) is 0.261. The van der Waals surface area contributed by atoms with E-state index in [0.717, 1.165) is 0 Å². The van der Waals surface area contributed by atoms with Gasteiger partial charge in [0.15, 0.2) is 0 Å². The number of hydrogen-bond donors (Lipinski definition) is 0. The summed E-state index contributed by atoms with van der Waals surface area (Å²) in [4.78, 5) is 9.82. The monoisotopic (exact) mass is 188 g/mol. The van der Waals surface area contributed by atoms with Crippen molar-refractivity contribution in [3.63, 3.8) is 0 Å². The zero-order valence-corrected chi connectivity index (χ0v) is 6.84. The van der Waals surface area contributed by atoms with E-state index in [2.05, 4.69) is 4.74 Å². The van der Waals surface area contributed by atoms with E-state index in [0.29, 0.717) is 12.0 Å². The molecule has 0 bridgehead atoms. The van der Waals surface area contributed by atoms with Gasteiger partial charge in [0, 0.05) is 5.56 Å². The summed E-state index contributed by atoms with van der Waals surface area (Å²) in [6, 6.07) is 3.90. The van der Waals surface area contributed by atoms with Gasteiger partial charge in [0.25, 0.3) is 6.47 Å². The molecule has 0 fully saturated rings. The van der Waals surface area contributed by atoms with Gasteiger partial charge in [-0.15, -0.1) is 0 Å². The first kappa shape index (κ1) is 9.00. The first-order valence-corrected chi connectivity index (χ1v) is 3.61. The van der Waals surface area contributed by atoms with Crippen molar-refractivity contribution < 1.29 is 13.9 Å². The highest BCUT2D eigenvalue weighted by Crippen LogP contribution is 2.17. The van der Waals surface area contributed by atoms with E-state index in [4.69, 9.17) is 11.6 Å². The molecule has 0 saturated carbocycles. The Morgan fingerprint density at radius 2 is 2.33 bits per heavy atom. The summed E-state index contributed by atoms with van der Waals surface area (Å²) in [6.07, 6.45) is 0. The second kappa shape index (κ2) is 4.07. The Kier molecular flexibility index (Phi) is 3.05. The van der Waals surface area contributed by atoms with Crippen LogP contribution in [0.1, 0.15) is 5.56 Å². The zero-order valence-electron chi connectivity index (χ0n) is 6.09. The smallest absolute Gasteiger partial charge is 0.293 e. The van der Waals surface area contributed by atoms with Crippen molar-refractivity contribution in [1.82, 2.24) is 0 Å². The van der Waals surface area contributed by atoms with Gasteiger partial charge in [-0.25, -0.2) is 4.39 Å². The molecule has 0 aromatic heterocycles. The lowest BCUT2D eigenvalue weighted by molar-refractivity contribution is -0.129. The Hall–Kier alpha value is -1.09. The van der Waals surface area contributed by atoms with Crippen molar-refractivity contribution >= 4 is 18.1 Å². The van der Waals surface area contributed by atoms with Crippen LogP contribution < -0.4 is 0 Å². The largest absolute Gasteiger partial charge is 0.463 e. The van der Waals surface area contributed by atoms with Gasteiger partial charge in [-0.3, -0.25) is 4.79 Å². The Labute approximate surface area is 73.9 Å². The van der Waals surface area contributed by atoms with Crippen molar-refractivity contribution in [2.75, 3.05) is 0 Å². The molecule has 0 atom stereocenters. The molecule has 64 valence electrons. The predicted octanol–water partition coefficient (Wildman–Crippen LogP) is 2.15. The molecule has 4 heteroatoms. The fraction of sp³-hybridized carbons (Fsp3) is 0.125. The summed E-state index contributed by atoms with van der Waals surface area (Å²) in [6.45, 7) is 0.391. The Balaban J connectivity index is 2.78. The summed E-state index contributed by atoms with van der Waals surface area (Å²) in [7, 11) is 0. The highest BCUT2D eigenvalue weighted by atomic mass is 35.5. The number of rotatable bonds is 3. The van der Waals surface area contributed by atoms with Gasteiger partial charge >= 0.3 is 0 Å². The number of carbonyl (C=O) groups excluding carboxylic acids is 1. The van der Waals surface area contributed by atoms with E-state index >= 15 is 0 Å². The van der Waals surface area contributed by atoms with Crippen molar-refractivity contribution in [3.8, 4) is 0 Å². The van der Waals surface area contributed by atoms with Gasteiger partial charge in [0.2, 0.25) is 0 Å². The Bertz CT molecular complexity index is 288. The van der Waals surface area contributed by atoms with E-state index in [1.165, 1.54) is 18.2 Å². The highest BCUT2D eigenvalue weighted by molar-refractivity contribution is 6.31. The molecule has 0 aliphatic heterocycles. The molecule has 1 rings (SSSR count). The van der Waals surface area contributed by atoms with Crippen LogP contribution in [0.2, 0.25) is 5.02 Å². The molecule has 0 saturated heterocycles. The van der Waals surface area contributed by atoms with E-state index < -0.39 is 5.82 Å². The molecule has 0 radical (unpaired) electrons. The average Bonchev–Trinajstić information content (AvgIpc) is 2.03. The van der Waals surface area contributed by atoms with Crippen LogP contribution >= 0.6 is 11.6 Å². The molecule has 0 aliphatic carbocycles. The molecule has 0 spiro atoms. The lowest BCUT2D eigenvalue weighted by atomic mass is 10.2. The van der Waals surface area contributed by atoms with Crippen LogP contribution in [0.15, 0.2) is 18.2 Å². The van der Waals surface area contributed by atoms with Crippen LogP contribution in [0.3, 0.4) is 0 Å². The third-order valence-electron chi connectivity index (χ3n) is 1.32. The van der Waals surface area contributed by atoms with Gasteiger partial charge in [-0.1, -0.05) is 17.7 Å². The fourth-order valence-electron chi connectivity index (χ4n) is 0.763. The van der Waals surface area contributed by atoms with Crippen LogP contribution in [0.5, 0.6) is 0 Å². The number of carbonyl (C=O) groups is 1. The number of hydrogen-bond acceptors (Lipinski definition) is 2. The molecule has 1 aromatic rings. The molecular formula is C8H6ClFO2. The van der Waals surface area contributed by atoms with Crippen LogP contribution in [0, 0.1) is 5.82 Å². The standard InChI is InChI=1S/C8H6ClFO2/c9-8-3-7(10)2-1-6(8)4-12-5-11/h1-3,5H,4H2. The summed E-state index contributed by atoms with van der Waals surface area (Å²) in [5.41, 5.74) is 0.588. The highest BCUT2D eigenvalue weighted by Gasteiger charge is 2.01. The van der Waals surface area contributed by atoms with Gasteiger partial charge in [-0.05, 0) is 12.1 Å². The summed E-state index contributed by atoms with van der Waals surface area (Å²) < 4.78 is 16.9. The molecule has 12 heavy (non-hydrogen) atoms. The van der Waals surface area contributed by atoms with E-state index in [1.54, 1.807) is 0 Å². The topological polar surface area (TPSA) is 26.3 Å². The second-order valence-corrected chi connectivity index (χ2v) is 2.55. The van der Waals surface area contributed by atoms with Crippen LogP contribution in [0.25, 0.3) is 0 Å². The molecular weight excluding hydrogens is 183 g/mol. The SMILES string of the molecule is O=COCc1ccc(F)cc1Cl. The number of ether oxygens (including phenoxy) is 1. The zero-order chi connectivity index (χ0) is 8.97. The number of halogens is 2. The second-order valence-electron chi connectivity index (χ2n) is 2.14. The lowest BCUT2D eigenvalue weighted by Gasteiger charge is -2.01. The van der Waals surface area contributed by atoms with Gasteiger partial charge in [0.1, 0.15) is 12.4 Å². The molecule has 0 heterocycles. The third-order valence-corrected chi connectivity index (χ3v) is 1.67. The number of benzene rings is 1. The first-order valence-electron chi connectivity index (χ1n) is 3.23. The van der Waals surface area contributed by atoms with Crippen molar-refractivity contribution in [2.45, 2.75) is 6.61 Å². The molecule has 0 unspecified atom stereocenters. The molecule has 0 aliphatic rings. The molecule has 0 N–H and O–H groups in total. The van der Waals surface area contributed by atoms with E-state index in [1.807, 2.05) is 0 Å². The van der Waals surface area contributed by atoms with Crippen molar-refractivity contribution in [1.29, 1.82) is 0 Å². The van der Waals surface area contributed by atoms with Gasteiger partial charge in [-0.2, -0.15) is 0 Å². The van der Waals surface area contributed by atoms with Crippen LogP contribution in [-0.4, -0.2) is 6.47 Å². The minimum Gasteiger partial charge on any atom is -0.463 e. The summed E-state index contributed by atoms with van der Waals surface area (Å²) >= 11 is 5.63. The van der Waals surface area contributed by atoms with Crippen molar-refractivity contribution in [3.05, 3.63) is 34.6 Å². The molecule has 0 amide bonds. The summed E-state index contributed by atoms with van der Waals surface area (Å²) in [5.74, 6) is -0.408. The van der Waals surface area contributed by atoms with E-state index in [-0.39, 0.29) is 11.6 Å². The van der Waals surface area contributed by atoms with Crippen LogP contribution in [0.4, 0.5) is 4.39 Å². The maximum absolute atomic E-state index is 12.5. The minimum atomic E-state index is -0.408. The molecule has 1 aromatic carbocycles. The lowest BCUT2D eigenvalue weighted by Crippen LogP contribution is -1.91. The van der Waals surface area contributed by atoms with Crippen molar-refractivity contribution in [2.24, 2.45) is 0 Å². The maximum atomic E-state index is 12.5. The van der Waals surface area contributed by atoms with Gasteiger partial charge < -0.3 is 4.74 Å². The van der Waals surface area contributed by atoms with Crippen LogP contribution in [-0.2, 0) is 16.1 Å². The Morgan fingerprint density at radius 1 is 1.58 bits per heavy atom. The maximum Gasteiger partial charge on any atom is 0.293 e. The van der Waals surface area contributed by atoms with Gasteiger partial charge in [0.05, 0.1) is 5.02 Å². The fourth-order valence-corrected chi connectivity index (χ4v) is 0.984. The molecule has 2 nitrogen and oxygen atoms in total. The predicted molar refractivity (Wildman–Crippen MR) is 42.3 cm³/mol. The first-order chi connectivity index (χ1) is 5.74.